The van der Waals surface area contributed by atoms with Gasteiger partial charge >= 0.3 is 0 Å². The van der Waals surface area contributed by atoms with E-state index in [1.807, 2.05) is 38.1 Å². The van der Waals surface area contributed by atoms with Crippen molar-refractivity contribution in [3.63, 3.8) is 0 Å². The molecule has 0 atom stereocenters. The molecule has 0 aliphatic heterocycles. The van der Waals surface area contributed by atoms with Gasteiger partial charge in [-0.3, -0.25) is 9.78 Å². The van der Waals surface area contributed by atoms with E-state index in [4.69, 9.17) is 4.42 Å². The molecule has 2 heterocycles. The Hall–Kier alpha value is -2.42. The number of hydrogen-bond donors (Lipinski definition) is 0. The predicted molar refractivity (Wildman–Crippen MR) is 75.2 cm³/mol. The fraction of sp³-hybridized carbons (Fsp3) is 0.125. The number of fused-ring (bicyclic) bond motifs is 1. The van der Waals surface area contributed by atoms with Gasteiger partial charge in [0, 0.05) is 24.0 Å². The first-order valence-electron chi connectivity index (χ1n) is 6.10. The Bertz CT molecular complexity index is 804. The summed E-state index contributed by atoms with van der Waals surface area (Å²) in [5, 5.41) is 0.630. The molecule has 0 radical (unpaired) electrons. The van der Waals surface area contributed by atoms with E-state index in [0.717, 1.165) is 16.7 Å². The molecule has 3 aromatic rings. The average Bonchev–Trinajstić information content (AvgIpc) is 2.41. The van der Waals surface area contributed by atoms with E-state index in [1.165, 1.54) is 6.07 Å². The quantitative estimate of drug-likeness (QED) is 0.665. The molecular weight excluding hydrogens is 238 g/mol. The summed E-state index contributed by atoms with van der Waals surface area (Å²) in [6, 6.07) is 9.10. The van der Waals surface area contributed by atoms with E-state index >= 15 is 0 Å². The number of hydrogen-bond acceptors (Lipinski definition) is 3. The topological polar surface area (TPSA) is 43.1 Å². The molecule has 0 spiro atoms. The number of aryl methyl sites for hydroxylation is 2. The molecule has 3 nitrogen and oxygen atoms in total. The smallest absolute Gasteiger partial charge is 0.193 e. The van der Waals surface area contributed by atoms with Crippen molar-refractivity contribution in [2.75, 3.05) is 0 Å². The summed E-state index contributed by atoms with van der Waals surface area (Å²) in [5.74, 6) is 0.553. The largest absolute Gasteiger partial charge is 0.455 e. The number of nitrogens with zero attached hydrogens (tertiary/aromatic N) is 1. The zero-order chi connectivity index (χ0) is 13.4. The lowest BCUT2D eigenvalue weighted by molar-refractivity contribution is 0.615. The van der Waals surface area contributed by atoms with Crippen molar-refractivity contribution in [2.24, 2.45) is 0 Å². The van der Waals surface area contributed by atoms with E-state index in [-0.39, 0.29) is 5.43 Å². The van der Waals surface area contributed by atoms with E-state index in [1.54, 1.807) is 12.4 Å². The Morgan fingerprint density at radius 2 is 2.00 bits per heavy atom. The predicted octanol–water partition coefficient (Wildman–Crippen LogP) is 3.47. The van der Waals surface area contributed by atoms with Crippen LogP contribution in [0.2, 0.25) is 0 Å². The third kappa shape index (κ3) is 2.03. The Balaban J connectivity index is 2.34. The maximum atomic E-state index is 12.2. The van der Waals surface area contributed by atoms with E-state index in [0.29, 0.717) is 16.7 Å². The molecule has 0 saturated carbocycles. The van der Waals surface area contributed by atoms with Crippen LogP contribution < -0.4 is 5.43 Å². The fourth-order valence-corrected chi connectivity index (χ4v) is 2.26. The van der Waals surface area contributed by atoms with E-state index in [2.05, 4.69) is 4.98 Å². The molecule has 3 rings (SSSR count). The second kappa shape index (κ2) is 4.35. The van der Waals surface area contributed by atoms with Crippen LogP contribution in [0, 0.1) is 13.8 Å². The standard InChI is InChI=1S/C16H13NO2/c1-10-6-11(2)16-13(7-10)14(18)8-15(19-16)12-4-3-5-17-9-12/h3-9H,1-2H3. The van der Waals surface area contributed by atoms with Crippen molar-refractivity contribution in [1.82, 2.24) is 4.98 Å². The van der Waals surface area contributed by atoms with Crippen molar-refractivity contribution in [2.45, 2.75) is 13.8 Å². The summed E-state index contributed by atoms with van der Waals surface area (Å²) in [6.45, 7) is 3.92. The molecule has 0 aliphatic carbocycles. The van der Waals surface area contributed by atoms with Crippen LogP contribution in [0.15, 0.2) is 51.9 Å². The van der Waals surface area contributed by atoms with Crippen LogP contribution in [0.4, 0.5) is 0 Å². The van der Waals surface area contributed by atoms with Gasteiger partial charge in [-0.05, 0) is 43.2 Å². The summed E-state index contributed by atoms with van der Waals surface area (Å²) < 4.78 is 5.87. The summed E-state index contributed by atoms with van der Waals surface area (Å²) in [7, 11) is 0. The molecule has 94 valence electrons. The number of pyridine rings is 1. The van der Waals surface area contributed by atoms with Crippen LogP contribution >= 0.6 is 0 Å². The van der Waals surface area contributed by atoms with Crippen LogP contribution in [0.1, 0.15) is 11.1 Å². The van der Waals surface area contributed by atoms with E-state index < -0.39 is 0 Å². The minimum Gasteiger partial charge on any atom is -0.455 e. The highest BCUT2D eigenvalue weighted by molar-refractivity contribution is 5.82. The Labute approximate surface area is 110 Å². The molecular formula is C16H13NO2. The van der Waals surface area contributed by atoms with Gasteiger partial charge in [-0.25, -0.2) is 0 Å². The average molecular weight is 251 g/mol. The van der Waals surface area contributed by atoms with Crippen molar-refractivity contribution in [3.8, 4) is 11.3 Å². The van der Waals surface area contributed by atoms with Gasteiger partial charge in [0.05, 0.1) is 5.39 Å². The summed E-state index contributed by atoms with van der Waals surface area (Å²) in [4.78, 5) is 16.2. The summed E-state index contributed by atoms with van der Waals surface area (Å²) in [5.41, 5.74) is 3.47. The van der Waals surface area contributed by atoms with Crippen molar-refractivity contribution >= 4 is 11.0 Å². The third-order valence-corrected chi connectivity index (χ3v) is 3.10. The van der Waals surface area contributed by atoms with Crippen molar-refractivity contribution in [3.05, 3.63) is 64.1 Å². The second-order valence-corrected chi connectivity index (χ2v) is 4.68. The van der Waals surface area contributed by atoms with Crippen LogP contribution in [-0.4, -0.2) is 4.98 Å². The highest BCUT2D eigenvalue weighted by Crippen LogP contribution is 2.24. The van der Waals surface area contributed by atoms with Gasteiger partial charge in [-0.1, -0.05) is 6.07 Å². The molecule has 0 fully saturated rings. The minimum atomic E-state index is -0.0214. The Morgan fingerprint density at radius 1 is 1.16 bits per heavy atom. The highest BCUT2D eigenvalue weighted by atomic mass is 16.3. The molecule has 1 aromatic carbocycles. The SMILES string of the molecule is Cc1cc(C)c2oc(-c3cccnc3)cc(=O)c2c1. The van der Waals surface area contributed by atoms with Crippen LogP contribution in [0.5, 0.6) is 0 Å². The third-order valence-electron chi connectivity index (χ3n) is 3.10. The molecule has 19 heavy (non-hydrogen) atoms. The first kappa shape index (κ1) is 11.7. The zero-order valence-corrected chi connectivity index (χ0v) is 10.8. The van der Waals surface area contributed by atoms with Gasteiger partial charge in [-0.2, -0.15) is 0 Å². The normalized spacial score (nSPS) is 10.8. The lowest BCUT2D eigenvalue weighted by atomic mass is 10.1. The van der Waals surface area contributed by atoms with E-state index in [9.17, 15) is 4.79 Å². The molecule has 0 amide bonds. The van der Waals surface area contributed by atoms with Crippen LogP contribution in [-0.2, 0) is 0 Å². The first-order chi connectivity index (χ1) is 9.15. The summed E-state index contributed by atoms with van der Waals surface area (Å²) in [6.07, 6.45) is 3.38. The molecule has 0 saturated heterocycles. The van der Waals surface area contributed by atoms with Gasteiger partial charge in [0.15, 0.2) is 5.43 Å². The number of benzene rings is 1. The number of rotatable bonds is 1. The lowest BCUT2D eigenvalue weighted by Crippen LogP contribution is -2.01. The van der Waals surface area contributed by atoms with Crippen molar-refractivity contribution < 1.29 is 4.42 Å². The maximum Gasteiger partial charge on any atom is 0.193 e. The zero-order valence-electron chi connectivity index (χ0n) is 10.8. The van der Waals surface area contributed by atoms with Crippen LogP contribution in [0.3, 0.4) is 0 Å². The lowest BCUT2D eigenvalue weighted by Gasteiger charge is -2.06. The second-order valence-electron chi connectivity index (χ2n) is 4.68. The highest BCUT2D eigenvalue weighted by Gasteiger charge is 2.09. The molecule has 0 N–H and O–H groups in total. The molecule has 0 aliphatic rings. The van der Waals surface area contributed by atoms with Crippen molar-refractivity contribution in [1.29, 1.82) is 0 Å². The molecule has 3 heteroatoms. The Kier molecular flexibility index (Phi) is 2.67. The molecule has 2 aromatic heterocycles. The van der Waals surface area contributed by atoms with Gasteiger partial charge < -0.3 is 4.42 Å². The minimum absolute atomic E-state index is 0.0214. The molecule has 0 unspecified atom stereocenters. The van der Waals surface area contributed by atoms with Gasteiger partial charge in [0.2, 0.25) is 0 Å². The monoisotopic (exact) mass is 251 g/mol. The Morgan fingerprint density at radius 3 is 2.74 bits per heavy atom. The van der Waals surface area contributed by atoms with Gasteiger partial charge in [-0.15, -0.1) is 0 Å². The van der Waals surface area contributed by atoms with Gasteiger partial charge in [0.25, 0.3) is 0 Å². The molecule has 0 bridgehead atoms. The summed E-state index contributed by atoms with van der Waals surface area (Å²) >= 11 is 0. The van der Waals surface area contributed by atoms with Gasteiger partial charge in [0.1, 0.15) is 11.3 Å². The number of aromatic nitrogens is 1. The first-order valence-corrected chi connectivity index (χ1v) is 6.10. The van der Waals surface area contributed by atoms with Crippen LogP contribution in [0.25, 0.3) is 22.3 Å². The maximum absolute atomic E-state index is 12.2. The fourth-order valence-electron chi connectivity index (χ4n) is 2.26.